The summed E-state index contributed by atoms with van der Waals surface area (Å²) in [6.45, 7) is -0.385. The number of carbonyl (C=O) groups is 1. The maximum absolute atomic E-state index is 12.0. The molecule has 0 N–H and O–H groups in total. The van der Waals surface area contributed by atoms with E-state index >= 15 is 0 Å². The molecule has 0 saturated carbocycles. The zero-order chi connectivity index (χ0) is 13.1. The average Bonchev–Trinajstić information content (AvgIpc) is 2.29. The van der Waals surface area contributed by atoms with Gasteiger partial charge in [-0.25, -0.2) is 8.42 Å². The number of carbonyl (C=O) groups excluding carboxylic acids is 1. The van der Waals surface area contributed by atoms with Crippen LogP contribution in [0, 0.1) is 0 Å². The Labute approximate surface area is 104 Å². The number of hydrogen-bond acceptors (Lipinski definition) is 5. The Morgan fingerprint density at radius 2 is 2.24 bits per heavy atom. The lowest BCUT2D eigenvalue weighted by atomic mass is 10.5. The summed E-state index contributed by atoms with van der Waals surface area (Å²) in [4.78, 5) is 14.5. The maximum Gasteiger partial charge on any atom is 0.321 e. The van der Waals surface area contributed by atoms with Gasteiger partial charge < -0.3 is 4.74 Å². The summed E-state index contributed by atoms with van der Waals surface area (Å²) in [7, 11) is -1.40. The van der Waals surface area contributed by atoms with Gasteiger partial charge in [0.15, 0.2) is 0 Å². The van der Waals surface area contributed by atoms with E-state index in [0.717, 1.165) is 10.5 Å². The Kier molecular flexibility index (Phi) is 4.44. The van der Waals surface area contributed by atoms with Gasteiger partial charge in [-0.05, 0) is 6.07 Å². The van der Waals surface area contributed by atoms with Crippen LogP contribution in [0.5, 0.6) is 0 Å². The van der Waals surface area contributed by atoms with E-state index in [1.165, 1.54) is 26.4 Å². The molecule has 17 heavy (non-hydrogen) atoms. The predicted molar refractivity (Wildman–Crippen MR) is 61.1 cm³/mol. The highest BCUT2D eigenvalue weighted by Crippen LogP contribution is 2.22. The summed E-state index contributed by atoms with van der Waals surface area (Å²) < 4.78 is 29.2. The van der Waals surface area contributed by atoms with E-state index < -0.39 is 16.0 Å². The minimum atomic E-state index is -3.84. The topological polar surface area (TPSA) is 76.6 Å². The number of pyridine rings is 1. The monoisotopic (exact) mass is 278 g/mol. The molecule has 0 radical (unpaired) electrons. The second-order valence-electron chi connectivity index (χ2n) is 3.14. The van der Waals surface area contributed by atoms with Crippen molar-refractivity contribution in [2.45, 2.75) is 4.90 Å². The number of rotatable bonds is 4. The molecule has 0 atom stereocenters. The highest BCUT2D eigenvalue weighted by molar-refractivity contribution is 7.89. The smallest absolute Gasteiger partial charge is 0.321 e. The minimum absolute atomic E-state index is 0.0525. The highest BCUT2D eigenvalue weighted by Gasteiger charge is 2.25. The summed E-state index contributed by atoms with van der Waals surface area (Å²) in [5.74, 6) is -0.656. The van der Waals surface area contributed by atoms with Crippen molar-refractivity contribution >= 4 is 27.6 Å². The number of methoxy groups -OCH3 is 1. The van der Waals surface area contributed by atoms with Crippen molar-refractivity contribution < 1.29 is 17.9 Å². The van der Waals surface area contributed by atoms with E-state index in [2.05, 4.69) is 9.72 Å². The fraction of sp³-hybridized carbons (Fsp3) is 0.333. The van der Waals surface area contributed by atoms with Gasteiger partial charge in [0.05, 0.1) is 12.1 Å². The molecule has 0 saturated heterocycles. The zero-order valence-electron chi connectivity index (χ0n) is 9.25. The number of aromatic nitrogens is 1. The summed E-state index contributed by atoms with van der Waals surface area (Å²) in [6.07, 6.45) is 2.51. The van der Waals surface area contributed by atoms with Gasteiger partial charge in [0.1, 0.15) is 11.4 Å². The number of nitrogens with zero attached hydrogens (tertiary/aromatic N) is 2. The van der Waals surface area contributed by atoms with Crippen molar-refractivity contribution in [3.63, 3.8) is 0 Å². The summed E-state index contributed by atoms with van der Waals surface area (Å²) >= 11 is 5.76. The number of ether oxygens (including phenoxy) is 1. The second kappa shape index (κ2) is 5.44. The van der Waals surface area contributed by atoms with Gasteiger partial charge in [0.25, 0.3) is 0 Å². The largest absolute Gasteiger partial charge is 0.468 e. The van der Waals surface area contributed by atoms with Crippen LogP contribution in [-0.4, -0.2) is 44.4 Å². The van der Waals surface area contributed by atoms with Crippen LogP contribution < -0.4 is 0 Å². The molecule has 1 rings (SSSR count). The number of hydrogen-bond donors (Lipinski definition) is 0. The van der Waals surface area contributed by atoms with Crippen molar-refractivity contribution in [1.82, 2.24) is 9.29 Å². The van der Waals surface area contributed by atoms with E-state index in [9.17, 15) is 13.2 Å². The standard InChI is InChI=1S/C9H11ClN2O4S/c1-12(6-9(13)16-2)17(14,15)8-5-11-4-3-7(8)10/h3-5H,6H2,1-2H3. The first-order valence-corrected chi connectivity index (χ1v) is 6.34. The van der Waals surface area contributed by atoms with Crippen LogP contribution in [0.3, 0.4) is 0 Å². The highest BCUT2D eigenvalue weighted by atomic mass is 35.5. The second-order valence-corrected chi connectivity index (χ2v) is 5.56. The van der Waals surface area contributed by atoms with Gasteiger partial charge in [-0.15, -0.1) is 0 Å². The molecular formula is C9H11ClN2O4S. The van der Waals surface area contributed by atoms with Crippen LogP contribution >= 0.6 is 11.6 Å². The van der Waals surface area contributed by atoms with Crippen LogP contribution in [0.2, 0.25) is 5.02 Å². The molecule has 0 unspecified atom stereocenters. The third-order valence-electron chi connectivity index (χ3n) is 2.00. The lowest BCUT2D eigenvalue weighted by molar-refractivity contribution is -0.140. The molecule has 1 aromatic heterocycles. The number of likely N-dealkylation sites (N-methyl/N-ethyl adjacent to an activating group) is 1. The molecule has 6 nitrogen and oxygen atoms in total. The average molecular weight is 279 g/mol. The molecule has 0 aliphatic rings. The number of halogens is 1. The third kappa shape index (κ3) is 3.15. The SMILES string of the molecule is COC(=O)CN(C)S(=O)(=O)c1cnccc1Cl. The fourth-order valence-corrected chi connectivity index (χ4v) is 2.57. The van der Waals surface area contributed by atoms with Crippen molar-refractivity contribution in [3.8, 4) is 0 Å². The molecule has 0 spiro atoms. The summed E-state index contributed by atoms with van der Waals surface area (Å²) in [6, 6.07) is 1.36. The Morgan fingerprint density at radius 1 is 1.59 bits per heavy atom. The third-order valence-corrected chi connectivity index (χ3v) is 4.27. The molecule has 0 aliphatic carbocycles. The van der Waals surface area contributed by atoms with E-state index in [1.807, 2.05) is 0 Å². The molecule has 8 heteroatoms. The van der Waals surface area contributed by atoms with Gasteiger partial charge in [0, 0.05) is 19.4 Å². The molecule has 1 aromatic rings. The van der Waals surface area contributed by atoms with E-state index in [1.54, 1.807) is 0 Å². The molecule has 0 amide bonds. The zero-order valence-corrected chi connectivity index (χ0v) is 10.8. The molecular weight excluding hydrogens is 268 g/mol. The van der Waals surface area contributed by atoms with Crippen molar-refractivity contribution in [2.24, 2.45) is 0 Å². The van der Waals surface area contributed by atoms with Crippen molar-refractivity contribution in [1.29, 1.82) is 0 Å². The van der Waals surface area contributed by atoms with Gasteiger partial charge >= 0.3 is 5.97 Å². The quantitative estimate of drug-likeness (QED) is 0.751. The minimum Gasteiger partial charge on any atom is -0.468 e. The first-order valence-electron chi connectivity index (χ1n) is 4.52. The molecule has 0 fully saturated rings. The van der Waals surface area contributed by atoms with Crippen LogP contribution in [0.15, 0.2) is 23.4 Å². The molecule has 1 heterocycles. The molecule has 0 aromatic carbocycles. The fourth-order valence-electron chi connectivity index (χ4n) is 1.05. The van der Waals surface area contributed by atoms with E-state index in [-0.39, 0.29) is 16.5 Å². The Balaban J connectivity index is 3.04. The summed E-state index contributed by atoms with van der Waals surface area (Å²) in [5, 5.41) is 0.0525. The molecule has 0 aliphatic heterocycles. The van der Waals surface area contributed by atoms with E-state index in [0.29, 0.717) is 0 Å². The number of sulfonamides is 1. The van der Waals surface area contributed by atoms with Gasteiger partial charge in [-0.1, -0.05) is 11.6 Å². The lowest BCUT2D eigenvalue weighted by Gasteiger charge is -2.16. The van der Waals surface area contributed by atoms with Crippen molar-refractivity contribution in [3.05, 3.63) is 23.5 Å². The normalized spacial score (nSPS) is 11.5. The van der Waals surface area contributed by atoms with Gasteiger partial charge in [-0.2, -0.15) is 4.31 Å². The van der Waals surface area contributed by atoms with Gasteiger partial charge in [-0.3, -0.25) is 9.78 Å². The Morgan fingerprint density at radius 3 is 2.76 bits per heavy atom. The van der Waals surface area contributed by atoms with Gasteiger partial charge in [0.2, 0.25) is 10.0 Å². The predicted octanol–water partition coefficient (Wildman–Crippen LogP) is 0.528. The molecule has 0 bridgehead atoms. The first kappa shape index (κ1) is 13.9. The van der Waals surface area contributed by atoms with Crippen LogP contribution in [0.1, 0.15) is 0 Å². The lowest BCUT2D eigenvalue weighted by Crippen LogP contribution is -2.32. The van der Waals surface area contributed by atoms with Crippen LogP contribution in [0.25, 0.3) is 0 Å². The van der Waals surface area contributed by atoms with Crippen LogP contribution in [0.4, 0.5) is 0 Å². The Bertz CT molecular complexity index is 517. The number of esters is 1. The van der Waals surface area contributed by atoms with E-state index in [4.69, 9.17) is 11.6 Å². The van der Waals surface area contributed by atoms with Crippen molar-refractivity contribution in [2.75, 3.05) is 20.7 Å². The first-order chi connectivity index (χ1) is 7.89. The maximum atomic E-state index is 12.0. The van der Waals surface area contributed by atoms with Crippen LogP contribution in [-0.2, 0) is 19.6 Å². The molecule has 94 valence electrons. The Hall–Kier alpha value is -1.18. The summed E-state index contributed by atoms with van der Waals surface area (Å²) in [5.41, 5.74) is 0.